The van der Waals surface area contributed by atoms with Crippen LogP contribution in [-0.4, -0.2) is 17.7 Å². The molecule has 0 unspecified atom stereocenters. The fourth-order valence-corrected chi connectivity index (χ4v) is 0. The van der Waals surface area contributed by atoms with Crippen molar-refractivity contribution in [2.45, 2.75) is 6.82 Å². The molecule has 0 rings (SSSR count). The smallest absolute Gasteiger partial charge is 0.300 e. The van der Waals surface area contributed by atoms with Crippen LogP contribution in [0, 0.1) is 0 Å². The first-order chi connectivity index (χ1) is 2.27. The van der Waals surface area contributed by atoms with Gasteiger partial charge in [-0.25, -0.2) is 0 Å². The second kappa shape index (κ2) is 2.55. The topological polar surface area (TPSA) is 20.2 Å². The predicted molar refractivity (Wildman–Crippen MR) is 24.6 cm³/mol. The number of rotatable bonds is 1. The van der Waals surface area contributed by atoms with Crippen molar-refractivity contribution in [3.8, 4) is 0 Å². The third-order valence-corrected chi connectivity index (χ3v) is 0.670. The highest BCUT2D eigenvalue weighted by atomic mass is 35.5. The van der Waals surface area contributed by atoms with Gasteiger partial charge in [-0.15, -0.1) is 11.6 Å². The van der Waals surface area contributed by atoms with Crippen LogP contribution in [0.15, 0.2) is 0 Å². The van der Waals surface area contributed by atoms with Crippen LogP contribution in [-0.2, 0) is 0 Å². The van der Waals surface area contributed by atoms with Gasteiger partial charge < -0.3 is 5.02 Å². The van der Waals surface area contributed by atoms with Gasteiger partial charge in [0, 0.05) is 5.78 Å². The quantitative estimate of drug-likeness (QED) is 0.366. The van der Waals surface area contributed by atoms with Crippen molar-refractivity contribution < 1.29 is 5.02 Å². The van der Waals surface area contributed by atoms with E-state index in [0.29, 0.717) is 5.78 Å². The van der Waals surface area contributed by atoms with Gasteiger partial charge in [-0.1, -0.05) is 6.82 Å². The van der Waals surface area contributed by atoms with Crippen molar-refractivity contribution in [2.24, 2.45) is 0 Å². The second-order valence-corrected chi connectivity index (χ2v) is 1.31. The maximum Gasteiger partial charge on any atom is 0.300 e. The highest BCUT2D eigenvalue weighted by Gasteiger charge is 1.93. The lowest BCUT2D eigenvalue weighted by molar-refractivity contribution is 0.585. The van der Waals surface area contributed by atoms with E-state index in [0.717, 1.165) is 0 Å². The van der Waals surface area contributed by atoms with Crippen molar-refractivity contribution in [3.05, 3.63) is 0 Å². The van der Waals surface area contributed by atoms with Crippen molar-refractivity contribution >= 4 is 18.5 Å². The number of hydrogen-bond donors (Lipinski definition) is 1. The first-order valence-electron chi connectivity index (χ1n) is 1.51. The van der Waals surface area contributed by atoms with Crippen molar-refractivity contribution in [3.63, 3.8) is 0 Å². The maximum absolute atomic E-state index is 8.23. The van der Waals surface area contributed by atoms with Crippen LogP contribution in [0.5, 0.6) is 0 Å². The fraction of sp³-hybridized carbons (Fsp3) is 1.00. The molecule has 0 heterocycles. The Morgan fingerprint density at radius 3 is 2.20 bits per heavy atom. The minimum absolute atomic E-state index is 0.333. The summed E-state index contributed by atoms with van der Waals surface area (Å²) in [7, 11) is 0. The summed E-state index contributed by atoms with van der Waals surface area (Å²) in [5, 5.41) is 8.23. The number of hydrogen-bond acceptors (Lipinski definition) is 1. The van der Waals surface area contributed by atoms with Crippen LogP contribution >= 0.6 is 11.6 Å². The molecule has 0 aromatic carbocycles. The Hall–Kier alpha value is 0.315. The van der Waals surface area contributed by atoms with E-state index >= 15 is 0 Å². The highest BCUT2D eigenvalue weighted by molar-refractivity contribution is 6.59. The lowest BCUT2D eigenvalue weighted by Crippen LogP contribution is -2.06. The van der Waals surface area contributed by atoms with Gasteiger partial charge in [0.05, 0.1) is 0 Å². The largest absolute Gasteiger partial charge is 0.449 e. The SMILES string of the molecule is CB(O)CCl. The van der Waals surface area contributed by atoms with E-state index in [1.807, 2.05) is 0 Å². The Bertz CT molecular complexity index is 23.6. The monoisotopic (exact) mass is 92.0 g/mol. The Labute approximate surface area is 37.1 Å². The molecular formula is C2H6BClO. The summed E-state index contributed by atoms with van der Waals surface area (Å²) >= 11 is 5.09. The van der Waals surface area contributed by atoms with Gasteiger partial charge in [0.25, 0.3) is 0 Å². The van der Waals surface area contributed by atoms with Crippen LogP contribution in [0.4, 0.5) is 0 Å². The Morgan fingerprint density at radius 2 is 2.20 bits per heavy atom. The zero-order valence-electron chi connectivity index (χ0n) is 3.11. The molecule has 0 aliphatic carbocycles. The second-order valence-electron chi connectivity index (χ2n) is 1.00. The average molecular weight is 92.3 g/mol. The molecule has 0 atom stereocenters. The maximum atomic E-state index is 8.23. The Kier molecular flexibility index (Phi) is 2.71. The summed E-state index contributed by atoms with van der Waals surface area (Å²) < 4.78 is 0. The Balaban J connectivity index is 2.54. The fourth-order valence-electron chi connectivity index (χ4n) is 0. The van der Waals surface area contributed by atoms with E-state index in [1.54, 1.807) is 6.82 Å². The van der Waals surface area contributed by atoms with Crippen LogP contribution in [0.25, 0.3) is 0 Å². The summed E-state index contributed by atoms with van der Waals surface area (Å²) in [6, 6.07) is 0. The molecule has 3 heteroatoms. The summed E-state index contributed by atoms with van der Waals surface area (Å²) in [6.45, 7) is 1.30. The van der Waals surface area contributed by atoms with Gasteiger partial charge in [0.1, 0.15) is 0 Å². The third kappa shape index (κ3) is 4.31. The van der Waals surface area contributed by atoms with E-state index in [2.05, 4.69) is 0 Å². The third-order valence-electron chi connectivity index (χ3n) is 0.223. The molecule has 0 spiro atoms. The van der Waals surface area contributed by atoms with E-state index in [1.165, 1.54) is 0 Å². The molecule has 0 bridgehead atoms. The van der Waals surface area contributed by atoms with Crippen molar-refractivity contribution in [2.75, 3.05) is 5.78 Å². The predicted octanol–water partition coefficient (Wildman–Crippen LogP) is 0.378. The molecule has 0 amide bonds. The van der Waals surface area contributed by atoms with Crippen LogP contribution in [0.3, 0.4) is 0 Å². The van der Waals surface area contributed by atoms with Crippen LogP contribution < -0.4 is 0 Å². The average Bonchev–Trinajstić information content (AvgIpc) is 1.38. The first kappa shape index (κ1) is 5.31. The van der Waals surface area contributed by atoms with E-state index in [-0.39, 0.29) is 6.92 Å². The lowest BCUT2D eigenvalue weighted by Gasteiger charge is -1.81. The molecular weight excluding hydrogens is 86.3 g/mol. The van der Waals surface area contributed by atoms with Gasteiger partial charge in [0.15, 0.2) is 0 Å². The van der Waals surface area contributed by atoms with Gasteiger partial charge in [0.2, 0.25) is 0 Å². The zero-order chi connectivity index (χ0) is 4.28. The summed E-state index contributed by atoms with van der Waals surface area (Å²) in [5.74, 6) is 0.333. The van der Waals surface area contributed by atoms with Crippen molar-refractivity contribution in [1.82, 2.24) is 0 Å². The van der Waals surface area contributed by atoms with E-state index < -0.39 is 0 Å². The summed E-state index contributed by atoms with van der Waals surface area (Å²) in [4.78, 5) is 0. The minimum atomic E-state index is -0.350. The molecule has 5 heavy (non-hydrogen) atoms. The normalized spacial score (nSPS) is 7.80. The van der Waals surface area contributed by atoms with Gasteiger partial charge in [-0.2, -0.15) is 0 Å². The van der Waals surface area contributed by atoms with Crippen LogP contribution in [0.1, 0.15) is 0 Å². The molecule has 30 valence electrons. The molecule has 0 aliphatic heterocycles. The molecule has 1 nitrogen and oxygen atoms in total. The summed E-state index contributed by atoms with van der Waals surface area (Å²) in [5.41, 5.74) is 0. The number of alkyl halides is 1. The molecule has 0 radical (unpaired) electrons. The van der Waals surface area contributed by atoms with Crippen molar-refractivity contribution in [1.29, 1.82) is 0 Å². The summed E-state index contributed by atoms with van der Waals surface area (Å²) in [6.07, 6.45) is 0. The molecule has 0 aliphatic rings. The molecule has 0 aromatic rings. The molecule has 0 aromatic heterocycles. The lowest BCUT2D eigenvalue weighted by atomic mass is 9.76. The van der Waals surface area contributed by atoms with E-state index in [9.17, 15) is 0 Å². The van der Waals surface area contributed by atoms with Gasteiger partial charge in [-0.3, -0.25) is 0 Å². The minimum Gasteiger partial charge on any atom is -0.449 e. The van der Waals surface area contributed by atoms with E-state index in [4.69, 9.17) is 16.6 Å². The van der Waals surface area contributed by atoms with Gasteiger partial charge in [-0.05, 0) is 0 Å². The first-order valence-corrected chi connectivity index (χ1v) is 2.05. The molecule has 0 saturated heterocycles. The zero-order valence-corrected chi connectivity index (χ0v) is 3.87. The molecule has 0 fully saturated rings. The molecule has 1 N–H and O–H groups in total. The van der Waals surface area contributed by atoms with Gasteiger partial charge >= 0.3 is 6.92 Å². The highest BCUT2D eigenvalue weighted by Crippen LogP contribution is 1.75. The number of halogens is 1. The standard InChI is InChI=1S/C2H6BClO/c1-3(5)2-4/h5H,2H2,1H3. The van der Waals surface area contributed by atoms with Crippen LogP contribution in [0.2, 0.25) is 6.82 Å². The molecule has 0 saturated carbocycles. The Morgan fingerprint density at radius 1 is 2.00 bits per heavy atom.